The Morgan fingerprint density at radius 2 is 2.11 bits per heavy atom. The van der Waals surface area contributed by atoms with Crippen molar-refractivity contribution in [1.29, 1.82) is 0 Å². The first-order valence-electron chi connectivity index (χ1n) is 8.68. The molecule has 0 saturated carbocycles. The highest BCUT2D eigenvalue weighted by Gasteiger charge is 2.12. The number of nitrogens with zero attached hydrogens (tertiary/aromatic N) is 4. The minimum atomic E-state index is -0.399. The number of halogens is 1. The van der Waals surface area contributed by atoms with Crippen molar-refractivity contribution in [3.05, 3.63) is 41.2 Å². The molecule has 0 aliphatic heterocycles. The first-order chi connectivity index (χ1) is 13.0. The first-order valence-corrected chi connectivity index (χ1v) is 8.68. The average molecular weight is 378 g/mol. The van der Waals surface area contributed by atoms with Gasteiger partial charge in [-0.15, -0.1) is 10.2 Å². The van der Waals surface area contributed by atoms with Crippen LogP contribution in [-0.4, -0.2) is 48.1 Å². The number of nitrogens with one attached hydrogen (secondary N) is 2. The highest BCUT2D eigenvalue weighted by molar-refractivity contribution is 5.80. The number of methoxy groups -OCH3 is 2. The van der Waals surface area contributed by atoms with Crippen molar-refractivity contribution >= 4 is 5.96 Å². The SMILES string of the molecule is COCCNC(=NCc1nnc(C)n1C)NC(C)c1ccc(OC)c(F)c1. The number of hydrogen-bond donors (Lipinski definition) is 2. The van der Waals surface area contributed by atoms with Crippen LogP contribution in [0.5, 0.6) is 5.75 Å². The van der Waals surface area contributed by atoms with Crippen LogP contribution in [-0.2, 0) is 18.3 Å². The minimum Gasteiger partial charge on any atom is -0.494 e. The smallest absolute Gasteiger partial charge is 0.192 e. The van der Waals surface area contributed by atoms with Crippen LogP contribution in [0.15, 0.2) is 23.2 Å². The van der Waals surface area contributed by atoms with Crippen LogP contribution in [0.3, 0.4) is 0 Å². The van der Waals surface area contributed by atoms with Crippen LogP contribution in [0, 0.1) is 12.7 Å². The topological polar surface area (TPSA) is 85.6 Å². The van der Waals surface area contributed by atoms with E-state index in [2.05, 4.69) is 25.8 Å². The normalized spacial score (nSPS) is 12.7. The second-order valence-electron chi connectivity index (χ2n) is 6.07. The fourth-order valence-corrected chi connectivity index (χ4v) is 2.40. The maximum Gasteiger partial charge on any atom is 0.192 e. The third-order valence-electron chi connectivity index (χ3n) is 4.19. The van der Waals surface area contributed by atoms with Crippen molar-refractivity contribution in [2.45, 2.75) is 26.4 Å². The molecule has 0 saturated heterocycles. The van der Waals surface area contributed by atoms with E-state index in [-0.39, 0.29) is 11.8 Å². The molecule has 9 heteroatoms. The number of guanidine groups is 1. The second-order valence-corrected chi connectivity index (χ2v) is 6.07. The van der Waals surface area contributed by atoms with Crippen LogP contribution >= 0.6 is 0 Å². The summed E-state index contributed by atoms with van der Waals surface area (Å²) in [5, 5.41) is 14.6. The first kappa shape index (κ1) is 20.6. The Balaban J connectivity index is 2.11. The molecule has 0 amide bonds. The van der Waals surface area contributed by atoms with E-state index in [0.717, 1.165) is 17.2 Å². The Kier molecular flexibility index (Phi) is 7.54. The fourth-order valence-electron chi connectivity index (χ4n) is 2.40. The summed E-state index contributed by atoms with van der Waals surface area (Å²) in [5.41, 5.74) is 0.782. The van der Waals surface area contributed by atoms with Crippen LogP contribution in [0.25, 0.3) is 0 Å². The highest BCUT2D eigenvalue weighted by atomic mass is 19.1. The van der Waals surface area contributed by atoms with Crippen LogP contribution < -0.4 is 15.4 Å². The molecule has 0 fully saturated rings. The van der Waals surface area contributed by atoms with E-state index in [1.807, 2.05) is 31.5 Å². The minimum absolute atomic E-state index is 0.166. The third-order valence-corrected chi connectivity index (χ3v) is 4.19. The van der Waals surface area contributed by atoms with E-state index in [4.69, 9.17) is 9.47 Å². The summed E-state index contributed by atoms with van der Waals surface area (Å²) in [6, 6.07) is 4.72. The maximum absolute atomic E-state index is 14.0. The zero-order chi connectivity index (χ0) is 19.8. The predicted molar refractivity (Wildman–Crippen MR) is 101 cm³/mol. The monoisotopic (exact) mass is 378 g/mol. The molecule has 27 heavy (non-hydrogen) atoms. The number of aryl methyl sites for hydroxylation is 1. The third kappa shape index (κ3) is 5.65. The van der Waals surface area contributed by atoms with E-state index in [0.29, 0.717) is 25.7 Å². The largest absolute Gasteiger partial charge is 0.494 e. The van der Waals surface area contributed by atoms with Crippen molar-refractivity contribution in [3.63, 3.8) is 0 Å². The van der Waals surface area contributed by atoms with Crippen molar-refractivity contribution in [2.24, 2.45) is 12.0 Å². The van der Waals surface area contributed by atoms with E-state index in [1.54, 1.807) is 13.2 Å². The molecular weight excluding hydrogens is 351 g/mol. The lowest BCUT2D eigenvalue weighted by atomic mass is 10.1. The molecule has 1 aromatic heterocycles. The fraction of sp³-hybridized carbons (Fsp3) is 0.500. The highest BCUT2D eigenvalue weighted by Crippen LogP contribution is 2.21. The number of aromatic nitrogens is 3. The summed E-state index contributed by atoms with van der Waals surface area (Å²) in [6.45, 7) is 5.31. The molecule has 0 spiro atoms. The maximum atomic E-state index is 14.0. The van der Waals surface area contributed by atoms with Crippen molar-refractivity contribution in [1.82, 2.24) is 25.4 Å². The molecule has 8 nitrogen and oxygen atoms in total. The zero-order valence-corrected chi connectivity index (χ0v) is 16.4. The van der Waals surface area contributed by atoms with Gasteiger partial charge in [0, 0.05) is 20.7 Å². The van der Waals surface area contributed by atoms with Gasteiger partial charge in [0.1, 0.15) is 12.4 Å². The van der Waals surface area contributed by atoms with Crippen molar-refractivity contribution < 1.29 is 13.9 Å². The molecule has 0 radical (unpaired) electrons. The number of ether oxygens (including phenoxy) is 2. The lowest BCUT2D eigenvalue weighted by Crippen LogP contribution is -2.40. The Bertz CT molecular complexity index is 777. The van der Waals surface area contributed by atoms with Gasteiger partial charge in [-0.05, 0) is 31.5 Å². The Morgan fingerprint density at radius 1 is 1.33 bits per heavy atom. The van der Waals surface area contributed by atoms with Gasteiger partial charge < -0.3 is 24.7 Å². The Morgan fingerprint density at radius 3 is 2.70 bits per heavy atom. The zero-order valence-electron chi connectivity index (χ0n) is 16.4. The standard InChI is InChI=1S/C18H27FN6O2/c1-12(14-6-7-16(27-5)15(19)10-14)22-18(20-8-9-26-4)21-11-17-24-23-13(2)25(17)3/h6-7,10,12H,8-9,11H2,1-5H3,(H2,20,21,22). The van der Waals surface area contributed by atoms with Crippen molar-refractivity contribution in [2.75, 3.05) is 27.4 Å². The number of rotatable bonds is 8. The molecule has 1 aromatic carbocycles. The van der Waals surface area contributed by atoms with Gasteiger partial charge in [-0.2, -0.15) is 0 Å². The Labute approximate surface area is 158 Å². The van der Waals surface area contributed by atoms with E-state index < -0.39 is 5.82 Å². The van der Waals surface area contributed by atoms with Gasteiger partial charge in [0.25, 0.3) is 0 Å². The van der Waals surface area contributed by atoms with Gasteiger partial charge in [0.05, 0.1) is 19.8 Å². The molecule has 148 valence electrons. The summed E-state index contributed by atoms with van der Waals surface area (Å²) in [7, 11) is 4.98. The number of hydrogen-bond acceptors (Lipinski definition) is 5. The lowest BCUT2D eigenvalue weighted by molar-refractivity contribution is 0.203. The molecule has 0 bridgehead atoms. The van der Waals surface area contributed by atoms with Gasteiger partial charge in [-0.25, -0.2) is 9.38 Å². The number of benzene rings is 1. The van der Waals surface area contributed by atoms with Crippen LogP contribution in [0.4, 0.5) is 4.39 Å². The molecule has 0 aliphatic carbocycles. The van der Waals surface area contributed by atoms with Crippen LogP contribution in [0.1, 0.15) is 30.2 Å². The van der Waals surface area contributed by atoms with E-state index in [1.165, 1.54) is 13.2 Å². The molecule has 1 heterocycles. The van der Waals surface area contributed by atoms with Gasteiger partial charge in [0.2, 0.25) is 0 Å². The van der Waals surface area contributed by atoms with E-state index >= 15 is 0 Å². The molecule has 0 aliphatic rings. The number of aliphatic imine (C=N–C) groups is 1. The molecule has 1 atom stereocenters. The van der Waals surface area contributed by atoms with Gasteiger partial charge >= 0.3 is 0 Å². The molecule has 2 aromatic rings. The average Bonchev–Trinajstić information content (AvgIpc) is 2.98. The predicted octanol–water partition coefficient (Wildman–Crippen LogP) is 1.71. The summed E-state index contributed by atoms with van der Waals surface area (Å²) in [5.74, 6) is 1.98. The Hall–Kier alpha value is -2.68. The van der Waals surface area contributed by atoms with Gasteiger partial charge in [-0.3, -0.25) is 0 Å². The lowest BCUT2D eigenvalue weighted by Gasteiger charge is -2.19. The summed E-state index contributed by atoms with van der Waals surface area (Å²) in [4.78, 5) is 4.56. The molecule has 1 unspecified atom stereocenters. The molecule has 2 N–H and O–H groups in total. The molecule has 2 rings (SSSR count). The summed E-state index contributed by atoms with van der Waals surface area (Å²) in [6.07, 6.45) is 0. The van der Waals surface area contributed by atoms with Gasteiger partial charge in [0.15, 0.2) is 23.4 Å². The second kappa shape index (κ2) is 9.86. The quantitative estimate of drug-likeness (QED) is 0.413. The van der Waals surface area contributed by atoms with Crippen molar-refractivity contribution in [3.8, 4) is 5.75 Å². The van der Waals surface area contributed by atoms with Gasteiger partial charge in [-0.1, -0.05) is 6.07 Å². The summed E-state index contributed by atoms with van der Waals surface area (Å²) < 4.78 is 25.9. The van der Waals surface area contributed by atoms with Crippen LogP contribution in [0.2, 0.25) is 0 Å². The molecular formula is C18H27FN6O2. The summed E-state index contributed by atoms with van der Waals surface area (Å²) >= 11 is 0. The van der Waals surface area contributed by atoms with E-state index in [9.17, 15) is 4.39 Å².